The summed E-state index contributed by atoms with van der Waals surface area (Å²) in [5, 5.41) is 24.7. The number of rotatable bonds is 3. The van der Waals surface area contributed by atoms with Gasteiger partial charge in [-0.25, -0.2) is 4.79 Å². The van der Waals surface area contributed by atoms with Crippen molar-refractivity contribution in [2.75, 3.05) is 5.32 Å². The minimum Gasteiger partial charge on any atom is -0.478 e. The zero-order valence-corrected chi connectivity index (χ0v) is 14.7. The molecule has 0 spiro atoms. The van der Waals surface area contributed by atoms with E-state index in [0.29, 0.717) is 23.1 Å². The number of nitrogens with zero attached hydrogens (tertiary/aromatic N) is 1. The van der Waals surface area contributed by atoms with Crippen molar-refractivity contribution in [3.05, 3.63) is 69.3 Å². The van der Waals surface area contributed by atoms with Crippen LogP contribution in [0.15, 0.2) is 42.5 Å². The number of hydrogen-bond donors (Lipinski definition) is 2. The van der Waals surface area contributed by atoms with Crippen LogP contribution in [0.25, 0.3) is 0 Å². The number of carbonyl (C=O) groups is 1. The molecule has 1 heterocycles. The highest BCUT2D eigenvalue weighted by Crippen LogP contribution is 2.64. The van der Waals surface area contributed by atoms with Crippen LogP contribution in [-0.4, -0.2) is 16.0 Å². The molecule has 2 aliphatic carbocycles. The number of carboxylic acid groups (broad SMARTS) is 1. The third kappa shape index (κ3) is 2.29. The van der Waals surface area contributed by atoms with Crippen LogP contribution in [0, 0.1) is 27.9 Å². The summed E-state index contributed by atoms with van der Waals surface area (Å²) in [6, 6.07) is 12.1. The van der Waals surface area contributed by atoms with Crippen molar-refractivity contribution in [1.82, 2.24) is 0 Å². The molecule has 6 nitrogen and oxygen atoms in total. The van der Waals surface area contributed by atoms with E-state index in [1.165, 1.54) is 6.07 Å². The number of aromatic carboxylic acids is 1. The van der Waals surface area contributed by atoms with Crippen LogP contribution in [0.5, 0.6) is 0 Å². The van der Waals surface area contributed by atoms with E-state index in [0.717, 1.165) is 24.8 Å². The zero-order chi connectivity index (χ0) is 18.7. The number of fused-ring (bicyclic) bond motifs is 7. The van der Waals surface area contributed by atoms with Crippen molar-refractivity contribution in [2.24, 2.45) is 17.8 Å². The first-order valence-corrected chi connectivity index (χ1v) is 9.42. The Kier molecular flexibility index (Phi) is 3.50. The summed E-state index contributed by atoms with van der Waals surface area (Å²) in [5.74, 6) is 0.627. The fraction of sp³-hybridized carbons (Fsp3) is 0.381. The first-order chi connectivity index (χ1) is 13.1. The van der Waals surface area contributed by atoms with E-state index < -0.39 is 5.97 Å². The Morgan fingerprint density at radius 2 is 1.81 bits per heavy atom. The van der Waals surface area contributed by atoms with E-state index in [2.05, 4.69) is 5.32 Å². The van der Waals surface area contributed by atoms with Gasteiger partial charge in [0.05, 0.1) is 27.8 Å². The molecule has 138 valence electrons. The van der Waals surface area contributed by atoms with Crippen LogP contribution in [0.3, 0.4) is 0 Å². The second kappa shape index (κ2) is 5.81. The number of benzene rings is 2. The summed E-state index contributed by atoms with van der Waals surface area (Å²) < 4.78 is 0. The minimum atomic E-state index is -0.970. The number of anilines is 1. The number of carboxylic acids is 1. The average molecular weight is 364 g/mol. The highest BCUT2D eigenvalue weighted by atomic mass is 16.6. The molecule has 1 aliphatic heterocycles. The molecule has 2 saturated carbocycles. The van der Waals surface area contributed by atoms with Crippen molar-refractivity contribution in [3.8, 4) is 0 Å². The Morgan fingerprint density at radius 1 is 1.07 bits per heavy atom. The molecular weight excluding hydrogens is 344 g/mol. The number of nitrogens with one attached hydrogen (secondary N) is 1. The van der Waals surface area contributed by atoms with Gasteiger partial charge in [-0.2, -0.15) is 0 Å². The van der Waals surface area contributed by atoms with Gasteiger partial charge in [-0.3, -0.25) is 10.1 Å². The fourth-order valence-electron chi connectivity index (χ4n) is 5.92. The fourth-order valence-corrected chi connectivity index (χ4v) is 5.92. The van der Waals surface area contributed by atoms with E-state index in [-0.39, 0.29) is 34.1 Å². The lowest BCUT2D eigenvalue weighted by molar-refractivity contribution is -0.385. The molecule has 5 rings (SSSR count). The normalized spacial score (nSPS) is 30.3. The zero-order valence-electron chi connectivity index (χ0n) is 14.7. The second-order valence-electron chi connectivity index (χ2n) is 7.95. The maximum atomic E-state index is 11.8. The Labute approximate surface area is 156 Å². The van der Waals surface area contributed by atoms with E-state index in [1.54, 1.807) is 12.1 Å². The van der Waals surface area contributed by atoms with Gasteiger partial charge in [0.15, 0.2) is 0 Å². The molecule has 3 aliphatic rings. The van der Waals surface area contributed by atoms with Gasteiger partial charge in [0.2, 0.25) is 0 Å². The second-order valence-corrected chi connectivity index (χ2v) is 7.95. The third-order valence-electron chi connectivity index (χ3n) is 6.82. The van der Waals surface area contributed by atoms with Gasteiger partial charge in [0.25, 0.3) is 5.69 Å². The molecule has 2 fully saturated rings. The van der Waals surface area contributed by atoms with Crippen LogP contribution < -0.4 is 5.32 Å². The van der Waals surface area contributed by atoms with Gasteiger partial charge in [-0.05, 0) is 54.6 Å². The molecule has 5 atom stereocenters. The van der Waals surface area contributed by atoms with Gasteiger partial charge in [0.1, 0.15) is 0 Å². The van der Waals surface area contributed by atoms with Crippen LogP contribution in [-0.2, 0) is 0 Å². The quantitative estimate of drug-likeness (QED) is 0.614. The van der Waals surface area contributed by atoms with Crippen molar-refractivity contribution in [2.45, 2.75) is 31.2 Å². The summed E-state index contributed by atoms with van der Waals surface area (Å²) in [6.07, 6.45) is 3.44. The predicted molar refractivity (Wildman–Crippen MR) is 99.9 cm³/mol. The first kappa shape index (κ1) is 16.3. The number of hydrogen-bond acceptors (Lipinski definition) is 4. The van der Waals surface area contributed by atoms with Crippen molar-refractivity contribution < 1.29 is 14.8 Å². The molecule has 6 heteroatoms. The molecule has 0 amide bonds. The first-order valence-electron chi connectivity index (χ1n) is 9.42. The standard InChI is InChI=1S/C21H20N2O4/c24-21(25)15-6-3-5-14-17-11-8-9-12(10-11)18(17)20(22-19(14)15)13-4-1-2-7-16(13)23(26)27/h1-7,11-12,17-18,20,22H,8-10H2,(H,24,25)/t11-,12-,17-,18+,20+/m0/s1. The molecule has 2 aromatic carbocycles. The van der Waals surface area contributed by atoms with Gasteiger partial charge in [0, 0.05) is 6.07 Å². The predicted octanol–water partition coefficient (Wildman–Crippen LogP) is 4.59. The van der Waals surface area contributed by atoms with Crippen LogP contribution in [0.1, 0.15) is 52.7 Å². The lowest BCUT2D eigenvalue weighted by Gasteiger charge is -2.43. The van der Waals surface area contributed by atoms with Crippen molar-refractivity contribution >= 4 is 17.3 Å². The summed E-state index contributed by atoms with van der Waals surface area (Å²) in [6.45, 7) is 0. The summed E-state index contributed by atoms with van der Waals surface area (Å²) in [4.78, 5) is 23.1. The Bertz CT molecular complexity index is 957. The van der Waals surface area contributed by atoms with Crippen molar-refractivity contribution in [1.29, 1.82) is 0 Å². The Balaban J connectivity index is 1.71. The van der Waals surface area contributed by atoms with E-state index in [4.69, 9.17) is 0 Å². The molecule has 0 radical (unpaired) electrons. The van der Waals surface area contributed by atoms with Gasteiger partial charge in [-0.15, -0.1) is 0 Å². The van der Waals surface area contributed by atoms with E-state index in [9.17, 15) is 20.0 Å². The molecule has 0 saturated heterocycles. The van der Waals surface area contributed by atoms with E-state index in [1.807, 2.05) is 24.3 Å². The van der Waals surface area contributed by atoms with Gasteiger partial charge >= 0.3 is 5.97 Å². The third-order valence-corrected chi connectivity index (χ3v) is 6.82. The lowest BCUT2D eigenvalue weighted by Crippen LogP contribution is -2.36. The highest BCUT2D eigenvalue weighted by Gasteiger charge is 2.55. The molecule has 0 unspecified atom stereocenters. The van der Waals surface area contributed by atoms with Crippen molar-refractivity contribution in [3.63, 3.8) is 0 Å². The maximum Gasteiger partial charge on any atom is 0.337 e. The number of para-hydroxylation sites is 2. The Hall–Kier alpha value is -2.89. The maximum absolute atomic E-state index is 11.8. The summed E-state index contributed by atoms with van der Waals surface area (Å²) >= 11 is 0. The number of nitro benzene ring substituents is 1. The van der Waals surface area contributed by atoms with Crippen LogP contribution in [0.4, 0.5) is 11.4 Å². The Morgan fingerprint density at radius 3 is 2.59 bits per heavy atom. The van der Waals surface area contributed by atoms with Crippen LogP contribution in [0.2, 0.25) is 0 Å². The van der Waals surface area contributed by atoms with E-state index >= 15 is 0 Å². The molecular formula is C21H20N2O4. The summed E-state index contributed by atoms with van der Waals surface area (Å²) in [7, 11) is 0. The minimum absolute atomic E-state index is 0.104. The molecule has 2 bridgehead atoms. The van der Waals surface area contributed by atoms with Crippen LogP contribution >= 0.6 is 0 Å². The average Bonchev–Trinajstić information content (AvgIpc) is 3.29. The monoisotopic (exact) mass is 364 g/mol. The lowest BCUT2D eigenvalue weighted by atomic mass is 9.67. The molecule has 2 aromatic rings. The topological polar surface area (TPSA) is 92.5 Å². The molecule has 2 N–H and O–H groups in total. The largest absolute Gasteiger partial charge is 0.478 e. The smallest absolute Gasteiger partial charge is 0.337 e. The van der Waals surface area contributed by atoms with Gasteiger partial charge < -0.3 is 10.4 Å². The number of nitro groups is 1. The SMILES string of the molecule is O=C(O)c1cccc2c1N[C@H](c1ccccc1[N+](=O)[O-])[C@@H]1[C@H]3CC[C@@H](C3)[C@@H]21. The summed E-state index contributed by atoms with van der Waals surface area (Å²) in [5.41, 5.74) is 2.73. The molecule has 27 heavy (non-hydrogen) atoms. The molecule has 0 aromatic heterocycles. The highest BCUT2D eigenvalue weighted by molar-refractivity contribution is 5.95. The van der Waals surface area contributed by atoms with Gasteiger partial charge in [-0.1, -0.05) is 30.3 Å².